The standard InChI is InChI=1S/C8H12O4/c1-5(9)7(2)4-6(10)8(3,11)12-7/h11H,4H2,1-3H3. The minimum absolute atomic E-state index is 0.0463. The molecule has 1 rings (SSSR count). The summed E-state index contributed by atoms with van der Waals surface area (Å²) in [7, 11) is 0. The van der Waals surface area contributed by atoms with Gasteiger partial charge in [-0.2, -0.15) is 0 Å². The molecule has 1 aliphatic rings. The monoisotopic (exact) mass is 172 g/mol. The average Bonchev–Trinajstić information content (AvgIpc) is 2.03. The second kappa shape index (κ2) is 2.37. The molecule has 4 nitrogen and oxygen atoms in total. The van der Waals surface area contributed by atoms with Gasteiger partial charge < -0.3 is 9.84 Å². The van der Waals surface area contributed by atoms with E-state index in [9.17, 15) is 14.7 Å². The van der Waals surface area contributed by atoms with E-state index < -0.39 is 17.2 Å². The number of Topliss-reactive ketones (excluding diaryl/α,β-unsaturated/α-hetero) is 2. The first kappa shape index (κ1) is 9.35. The minimum Gasteiger partial charge on any atom is -0.360 e. The summed E-state index contributed by atoms with van der Waals surface area (Å²) in [5.41, 5.74) is -1.14. The maximum absolute atomic E-state index is 11.1. The zero-order chi connectivity index (χ0) is 9.57. The molecular formula is C8H12O4. The van der Waals surface area contributed by atoms with E-state index in [1.54, 1.807) is 0 Å². The topological polar surface area (TPSA) is 63.6 Å². The molecule has 0 aromatic rings. The highest BCUT2D eigenvalue weighted by atomic mass is 16.7. The normalized spacial score (nSPS) is 41.8. The Balaban J connectivity index is 2.92. The maximum atomic E-state index is 11.1. The maximum Gasteiger partial charge on any atom is 0.224 e. The van der Waals surface area contributed by atoms with Crippen LogP contribution >= 0.6 is 0 Å². The molecule has 0 bridgehead atoms. The van der Waals surface area contributed by atoms with Gasteiger partial charge in [-0.25, -0.2) is 0 Å². The van der Waals surface area contributed by atoms with Gasteiger partial charge in [-0.3, -0.25) is 9.59 Å². The van der Waals surface area contributed by atoms with Crippen LogP contribution in [0, 0.1) is 0 Å². The lowest BCUT2D eigenvalue weighted by Crippen LogP contribution is -2.37. The number of aliphatic hydroxyl groups is 1. The van der Waals surface area contributed by atoms with Gasteiger partial charge in [0.25, 0.3) is 0 Å². The van der Waals surface area contributed by atoms with Gasteiger partial charge in [0.1, 0.15) is 5.60 Å². The summed E-state index contributed by atoms with van der Waals surface area (Å²) in [5.74, 6) is -2.48. The molecule has 0 aliphatic carbocycles. The summed E-state index contributed by atoms with van der Waals surface area (Å²) < 4.78 is 4.97. The number of rotatable bonds is 1. The highest BCUT2D eigenvalue weighted by molar-refractivity contribution is 5.97. The second-order valence-corrected chi connectivity index (χ2v) is 3.47. The number of carbonyl (C=O) groups is 2. The fourth-order valence-electron chi connectivity index (χ4n) is 1.20. The van der Waals surface area contributed by atoms with E-state index in [1.807, 2.05) is 0 Å². The van der Waals surface area contributed by atoms with E-state index in [1.165, 1.54) is 20.8 Å². The van der Waals surface area contributed by atoms with Crippen LogP contribution in [0.1, 0.15) is 27.2 Å². The molecule has 0 saturated carbocycles. The Hall–Kier alpha value is -0.740. The summed E-state index contributed by atoms with van der Waals surface area (Å²) in [6.45, 7) is 4.10. The number of hydrogen-bond acceptors (Lipinski definition) is 4. The van der Waals surface area contributed by atoms with Crippen LogP contribution in [0.5, 0.6) is 0 Å². The van der Waals surface area contributed by atoms with Gasteiger partial charge in [-0.15, -0.1) is 0 Å². The Morgan fingerprint density at radius 1 is 1.58 bits per heavy atom. The van der Waals surface area contributed by atoms with Gasteiger partial charge in [0.05, 0.1) is 0 Å². The van der Waals surface area contributed by atoms with Crippen molar-refractivity contribution in [2.24, 2.45) is 0 Å². The third-order valence-corrected chi connectivity index (χ3v) is 2.18. The lowest BCUT2D eigenvalue weighted by molar-refractivity contribution is -0.205. The number of ketones is 2. The van der Waals surface area contributed by atoms with Crippen LogP contribution in [0.2, 0.25) is 0 Å². The largest absolute Gasteiger partial charge is 0.360 e. The third kappa shape index (κ3) is 1.28. The Bertz CT molecular complexity index is 243. The van der Waals surface area contributed by atoms with Crippen molar-refractivity contribution in [3.05, 3.63) is 0 Å². The molecule has 0 amide bonds. The molecule has 4 heteroatoms. The third-order valence-electron chi connectivity index (χ3n) is 2.18. The first-order chi connectivity index (χ1) is 5.28. The Labute approximate surface area is 70.5 Å². The van der Waals surface area contributed by atoms with Crippen molar-refractivity contribution >= 4 is 11.6 Å². The predicted molar refractivity (Wildman–Crippen MR) is 40.4 cm³/mol. The van der Waals surface area contributed by atoms with Gasteiger partial charge in [0.15, 0.2) is 11.6 Å². The fraction of sp³-hybridized carbons (Fsp3) is 0.750. The van der Waals surface area contributed by atoms with E-state index in [-0.39, 0.29) is 12.2 Å². The fourth-order valence-corrected chi connectivity index (χ4v) is 1.20. The van der Waals surface area contributed by atoms with Crippen LogP contribution in [0.4, 0.5) is 0 Å². The van der Waals surface area contributed by atoms with Crippen molar-refractivity contribution in [1.82, 2.24) is 0 Å². The molecule has 12 heavy (non-hydrogen) atoms. The van der Waals surface area contributed by atoms with Gasteiger partial charge in [0.2, 0.25) is 5.79 Å². The van der Waals surface area contributed by atoms with Crippen LogP contribution in [0.3, 0.4) is 0 Å². The lowest BCUT2D eigenvalue weighted by atomic mass is 9.97. The SMILES string of the molecule is CC(=O)C1(C)CC(=O)C(C)(O)O1. The molecule has 2 atom stereocenters. The van der Waals surface area contributed by atoms with Gasteiger partial charge in [-0.1, -0.05) is 0 Å². The molecule has 1 aliphatic heterocycles. The predicted octanol–water partition coefficient (Wildman–Crippen LogP) is 0.0320. The quantitative estimate of drug-likeness (QED) is 0.606. The molecule has 0 aromatic heterocycles. The molecule has 68 valence electrons. The smallest absolute Gasteiger partial charge is 0.224 e. The summed E-state index contributed by atoms with van der Waals surface area (Å²) in [6.07, 6.45) is -0.0463. The van der Waals surface area contributed by atoms with Crippen LogP contribution in [-0.2, 0) is 14.3 Å². The Morgan fingerprint density at radius 3 is 2.25 bits per heavy atom. The van der Waals surface area contributed by atoms with Crippen molar-refractivity contribution < 1.29 is 19.4 Å². The molecule has 2 unspecified atom stereocenters. The van der Waals surface area contributed by atoms with Gasteiger partial charge in [0, 0.05) is 6.42 Å². The highest BCUT2D eigenvalue weighted by Crippen LogP contribution is 2.33. The van der Waals surface area contributed by atoms with E-state index >= 15 is 0 Å². The van der Waals surface area contributed by atoms with Crippen LogP contribution in [-0.4, -0.2) is 28.1 Å². The summed E-state index contributed by atoms with van der Waals surface area (Å²) in [4.78, 5) is 22.1. The van der Waals surface area contributed by atoms with Crippen molar-refractivity contribution in [2.75, 3.05) is 0 Å². The first-order valence-electron chi connectivity index (χ1n) is 3.75. The van der Waals surface area contributed by atoms with Crippen LogP contribution in [0.25, 0.3) is 0 Å². The minimum atomic E-state index is -1.79. The van der Waals surface area contributed by atoms with E-state index in [0.29, 0.717) is 0 Å². The summed E-state index contributed by atoms with van der Waals surface area (Å²) >= 11 is 0. The number of ether oxygens (including phenoxy) is 1. The molecule has 1 fully saturated rings. The van der Waals surface area contributed by atoms with E-state index in [0.717, 1.165) is 0 Å². The van der Waals surface area contributed by atoms with Crippen molar-refractivity contribution in [1.29, 1.82) is 0 Å². The van der Waals surface area contributed by atoms with E-state index in [4.69, 9.17) is 4.74 Å². The zero-order valence-electron chi connectivity index (χ0n) is 7.38. The van der Waals surface area contributed by atoms with E-state index in [2.05, 4.69) is 0 Å². The van der Waals surface area contributed by atoms with Gasteiger partial charge in [-0.05, 0) is 20.8 Å². The second-order valence-electron chi connectivity index (χ2n) is 3.47. The van der Waals surface area contributed by atoms with Crippen LogP contribution in [0.15, 0.2) is 0 Å². The molecule has 1 saturated heterocycles. The molecular weight excluding hydrogens is 160 g/mol. The Morgan fingerprint density at radius 2 is 2.08 bits per heavy atom. The highest BCUT2D eigenvalue weighted by Gasteiger charge is 2.52. The lowest BCUT2D eigenvalue weighted by Gasteiger charge is -2.22. The number of carbonyl (C=O) groups excluding carboxylic acids is 2. The van der Waals surface area contributed by atoms with Gasteiger partial charge >= 0.3 is 0 Å². The summed E-state index contributed by atoms with van der Waals surface area (Å²) in [5, 5.41) is 9.32. The van der Waals surface area contributed by atoms with Crippen LogP contribution < -0.4 is 0 Å². The number of hydrogen-bond donors (Lipinski definition) is 1. The zero-order valence-corrected chi connectivity index (χ0v) is 7.38. The average molecular weight is 172 g/mol. The van der Waals surface area contributed by atoms with Crippen molar-refractivity contribution in [3.8, 4) is 0 Å². The molecule has 0 spiro atoms. The first-order valence-corrected chi connectivity index (χ1v) is 3.75. The molecule has 1 N–H and O–H groups in total. The molecule has 1 heterocycles. The summed E-state index contributed by atoms with van der Waals surface area (Å²) in [6, 6.07) is 0. The molecule has 0 radical (unpaired) electrons. The molecule has 0 aromatic carbocycles. The van der Waals surface area contributed by atoms with Crippen molar-refractivity contribution in [2.45, 2.75) is 38.6 Å². The Kier molecular flexibility index (Phi) is 1.85. The van der Waals surface area contributed by atoms with Crippen molar-refractivity contribution in [3.63, 3.8) is 0 Å².